The number of halogens is 1. The highest BCUT2D eigenvalue weighted by Crippen LogP contribution is 2.23. The lowest BCUT2D eigenvalue weighted by molar-refractivity contribution is -0.00780. The molecule has 5 nitrogen and oxygen atoms in total. The molecule has 28 heavy (non-hydrogen) atoms. The molecule has 0 radical (unpaired) electrons. The zero-order valence-corrected chi connectivity index (χ0v) is 15.8. The smallest absolute Gasteiger partial charge is 0.254 e. The Balaban J connectivity index is 1.51. The monoisotopic (exact) mass is 379 g/mol. The van der Waals surface area contributed by atoms with E-state index in [1.165, 1.54) is 12.1 Å². The molecule has 2 aromatic heterocycles. The number of amides is 1. The van der Waals surface area contributed by atoms with Crippen molar-refractivity contribution < 1.29 is 13.9 Å². The van der Waals surface area contributed by atoms with E-state index in [4.69, 9.17) is 4.74 Å². The number of rotatable bonds is 4. The Morgan fingerprint density at radius 3 is 3.00 bits per heavy atom. The number of hydrogen-bond acceptors (Lipinski definition) is 4. The third kappa shape index (κ3) is 4.02. The van der Waals surface area contributed by atoms with Crippen LogP contribution in [-0.2, 0) is 11.3 Å². The lowest BCUT2D eigenvalue weighted by atomic mass is 10.0. The van der Waals surface area contributed by atoms with Gasteiger partial charge in [0, 0.05) is 36.4 Å². The van der Waals surface area contributed by atoms with Crippen LogP contribution in [0.5, 0.6) is 0 Å². The van der Waals surface area contributed by atoms with Gasteiger partial charge in [-0.05, 0) is 50.1 Å². The summed E-state index contributed by atoms with van der Waals surface area (Å²) in [5.41, 5.74) is 2.64. The Morgan fingerprint density at radius 1 is 1.29 bits per heavy atom. The van der Waals surface area contributed by atoms with Gasteiger partial charge in [-0.3, -0.25) is 14.8 Å². The summed E-state index contributed by atoms with van der Waals surface area (Å²) in [6.45, 7) is 3.47. The number of hydrogen-bond donors (Lipinski definition) is 0. The van der Waals surface area contributed by atoms with Crippen LogP contribution in [0.3, 0.4) is 0 Å². The van der Waals surface area contributed by atoms with Gasteiger partial charge in [0.15, 0.2) is 0 Å². The lowest BCUT2D eigenvalue weighted by Crippen LogP contribution is -2.43. The number of pyridine rings is 2. The average molecular weight is 379 g/mol. The second-order valence-electron chi connectivity index (χ2n) is 7.12. The van der Waals surface area contributed by atoms with Gasteiger partial charge in [-0.25, -0.2) is 4.39 Å². The number of aryl methyl sites for hydroxylation is 1. The summed E-state index contributed by atoms with van der Waals surface area (Å²) in [7, 11) is 0. The van der Waals surface area contributed by atoms with Crippen molar-refractivity contribution in [1.29, 1.82) is 0 Å². The van der Waals surface area contributed by atoms with Crippen molar-refractivity contribution in [3.05, 3.63) is 71.4 Å². The Morgan fingerprint density at radius 2 is 2.18 bits per heavy atom. The molecule has 1 fully saturated rings. The van der Waals surface area contributed by atoms with E-state index in [0.29, 0.717) is 41.9 Å². The van der Waals surface area contributed by atoms with Gasteiger partial charge in [0.2, 0.25) is 0 Å². The maximum Gasteiger partial charge on any atom is 0.254 e. The van der Waals surface area contributed by atoms with Crippen LogP contribution in [-0.4, -0.2) is 40.0 Å². The molecular formula is C22H22FN3O2. The Kier molecular flexibility index (Phi) is 5.30. The van der Waals surface area contributed by atoms with Crippen LogP contribution in [0.25, 0.3) is 10.9 Å². The number of ether oxygens (including phenoxy) is 1. The number of likely N-dealkylation sites (tertiary alicyclic amines) is 1. The molecule has 3 heterocycles. The fraction of sp³-hybridized carbons (Fsp3) is 0.318. The number of nitrogens with zero attached hydrogens (tertiary/aromatic N) is 3. The summed E-state index contributed by atoms with van der Waals surface area (Å²) >= 11 is 0. The van der Waals surface area contributed by atoms with E-state index in [2.05, 4.69) is 9.97 Å². The topological polar surface area (TPSA) is 55.3 Å². The first-order valence-corrected chi connectivity index (χ1v) is 9.48. The van der Waals surface area contributed by atoms with Gasteiger partial charge in [-0.15, -0.1) is 0 Å². The second-order valence-corrected chi connectivity index (χ2v) is 7.12. The van der Waals surface area contributed by atoms with Gasteiger partial charge in [0.05, 0.1) is 29.5 Å². The molecule has 1 atom stereocenters. The van der Waals surface area contributed by atoms with Crippen molar-refractivity contribution in [2.24, 2.45) is 0 Å². The van der Waals surface area contributed by atoms with Crippen molar-refractivity contribution in [1.82, 2.24) is 14.9 Å². The van der Waals surface area contributed by atoms with Gasteiger partial charge < -0.3 is 9.64 Å². The van der Waals surface area contributed by atoms with Gasteiger partial charge in [-0.1, -0.05) is 6.07 Å². The molecule has 3 aromatic rings. The molecule has 1 saturated heterocycles. The summed E-state index contributed by atoms with van der Waals surface area (Å²) in [5.74, 6) is -0.418. The summed E-state index contributed by atoms with van der Waals surface area (Å²) in [6.07, 6.45) is 3.52. The summed E-state index contributed by atoms with van der Waals surface area (Å²) in [4.78, 5) is 23.7. The number of piperidine rings is 1. The first-order valence-electron chi connectivity index (χ1n) is 9.48. The van der Waals surface area contributed by atoms with E-state index in [1.807, 2.05) is 30.0 Å². The molecule has 0 bridgehead atoms. The van der Waals surface area contributed by atoms with Crippen molar-refractivity contribution in [3.8, 4) is 0 Å². The zero-order chi connectivity index (χ0) is 19.5. The highest BCUT2D eigenvalue weighted by atomic mass is 19.1. The van der Waals surface area contributed by atoms with E-state index >= 15 is 0 Å². The van der Waals surface area contributed by atoms with Crippen LogP contribution in [0.2, 0.25) is 0 Å². The molecule has 4 rings (SSSR count). The molecule has 1 aromatic carbocycles. The number of fused-ring (bicyclic) bond motifs is 1. The standard InChI is InChI=1S/C22H22FN3O2/c1-15-11-20(19-8-7-16(23)12-21(19)25-15)22(27)26-10-4-6-18(13-26)28-14-17-5-2-3-9-24-17/h2-3,5,7-9,11-12,18H,4,6,10,13-14H2,1H3/t18-/m1/s1. The van der Waals surface area contributed by atoms with E-state index in [1.54, 1.807) is 18.3 Å². The molecule has 0 saturated carbocycles. The average Bonchev–Trinajstić information content (AvgIpc) is 2.72. The summed E-state index contributed by atoms with van der Waals surface area (Å²) < 4.78 is 19.6. The lowest BCUT2D eigenvalue weighted by Gasteiger charge is -2.33. The van der Waals surface area contributed by atoms with Crippen molar-refractivity contribution >= 4 is 16.8 Å². The van der Waals surface area contributed by atoms with Crippen LogP contribution >= 0.6 is 0 Å². The van der Waals surface area contributed by atoms with Crippen LogP contribution in [0.1, 0.15) is 34.6 Å². The van der Waals surface area contributed by atoms with Crippen LogP contribution in [0.4, 0.5) is 4.39 Å². The SMILES string of the molecule is Cc1cc(C(=O)N2CCC[C@@H](OCc3ccccn3)C2)c2ccc(F)cc2n1. The highest BCUT2D eigenvalue weighted by molar-refractivity contribution is 6.06. The molecule has 1 amide bonds. The predicted octanol–water partition coefficient (Wildman–Crippen LogP) is 3.90. The maximum absolute atomic E-state index is 13.6. The minimum Gasteiger partial charge on any atom is -0.370 e. The minimum atomic E-state index is -0.357. The van der Waals surface area contributed by atoms with Crippen LogP contribution in [0.15, 0.2) is 48.7 Å². The quantitative estimate of drug-likeness (QED) is 0.690. The minimum absolute atomic E-state index is 0.0219. The number of carbonyl (C=O) groups is 1. The molecule has 1 aliphatic heterocycles. The molecule has 0 unspecified atom stereocenters. The van der Waals surface area contributed by atoms with E-state index in [-0.39, 0.29) is 17.8 Å². The Labute approximate surface area is 163 Å². The van der Waals surface area contributed by atoms with E-state index in [0.717, 1.165) is 18.5 Å². The Bertz CT molecular complexity index is 988. The number of aromatic nitrogens is 2. The van der Waals surface area contributed by atoms with Crippen molar-refractivity contribution in [2.75, 3.05) is 13.1 Å². The van der Waals surface area contributed by atoms with E-state index < -0.39 is 0 Å². The maximum atomic E-state index is 13.6. The second kappa shape index (κ2) is 8.02. The number of benzene rings is 1. The van der Waals surface area contributed by atoms with Crippen LogP contribution < -0.4 is 0 Å². The molecule has 6 heteroatoms. The largest absolute Gasteiger partial charge is 0.370 e. The molecule has 1 aliphatic rings. The Hall–Kier alpha value is -2.86. The van der Waals surface area contributed by atoms with E-state index in [9.17, 15) is 9.18 Å². The summed E-state index contributed by atoms with van der Waals surface area (Å²) in [5, 5.41) is 0.675. The first-order chi connectivity index (χ1) is 13.6. The zero-order valence-electron chi connectivity index (χ0n) is 15.8. The van der Waals surface area contributed by atoms with Gasteiger partial charge in [-0.2, -0.15) is 0 Å². The highest BCUT2D eigenvalue weighted by Gasteiger charge is 2.26. The molecule has 0 aliphatic carbocycles. The predicted molar refractivity (Wildman–Crippen MR) is 104 cm³/mol. The molecule has 0 spiro atoms. The first kappa shape index (κ1) is 18.5. The van der Waals surface area contributed by atoms with Gasteiger partial charge in [0.1, 0.15) is 5.82 Å². The third-order valence-corrected chi connectivity index (χ3v) is 4.99. The normalized spacial score (nSPS) is 17.1. The van der Waals surface area contributed by atoms with Gasteiger partial charge >= 0.3 is 0 Å². The van der Waals surface area contributed by atoms with Crippen molar-refractivity contribution in [2.45, 2.75) is 32.5 Å². The van der Waals surface area contributed by atoms with Crippen LogP contribution in [0, 0.1) is 12.7 Å². The summed E-state index contributed by atoms with van der Waals surface area (Å²) in [6, 6.07) is 11.9. The molecule has 144 valence electrons. The number of carbonyl (C=O) groups excluding carboxylic acids is 1. The fourth-order valence-corrected chi connectivity index (χ4v) is 3.63. The van der Waals surface area contributed by atoms with Crippen molar-refractivity contribution in [3.63, 3.8) is 0 Å². The third-order valence-electron chi connectivity index (χ3n) is 4.99. The molecular weight excluding hydrogens is 357 g/mol. The fourth-order valence-electron chi connectivity index (χ4n) is 3.63. The van der Waals surface area contributed by atoms with Gasteiger partial charge in [0.25, 0.3) is 5.91 Å². The molecule has 0 N–H and O–H groups in total.